The highest BCUT2D eigenvalue weighted by molar-refractivity contribution is 7.26. The quantitative estimate of drug-likeness (QED) is 0.152. The van der Waals surface area contributed by atoms with Gasteiger partial charge in [0, 0.05) is 36.9 Å². The van der Waals surface area contributed by atoms with E-state index in [0.717, 1.165) is 44.8 Å². The molecule has 0 bridgehead atoms. The van der Waals surface area contributed by atoms with Crippen LogP contribution in [0.5, 0.6) is 0 Å². The molecule has 0 aliphatic heterocycles. The first-order valence-electron chi connectivity index (χ1n) is 23.2. The maximum Gasteiger partial charge on any atom is 0.161 e. The van der Waals surface area contributed by atoms with E-state index in [4.69, 9.17) is 9.97 Å². The summed E-state index contributed by atoms with van der Waals surface area (Å²) in [4.78, 5) is 11.3. The minimum atomic E-state index is -0.615. The van der Waals surface area contributed by atoms with E-state index in [1.165, 1.54) is 70.2 Å². The Bertz CT molecular complexity index is 3780. The summed E-state index contributed by atoms with van der Waals surface area (Å²) in [6, 6.07) is 92.4. The van der Waals surface area contributed by atoms with Crippen molar-refractivity contribution in [3.63, 3.8) is 0 Å². The van der Waals surface area contributed by atoms with Crippen molar-refractivity contribution in [2.75, 3.05) is 0 Å². The van der Waals surface area contributed by atoms with Crippen molar-refractivity contribution >= 4 is 31.5 Å². The van der Waals surface area contributed by atoms with Gasteiger partial charge in [0.2, 0.25) is 0 Å². The van der Waals surface area contributed by atoms with Crippen LogP contribution in [0.3, 0.4) is 0 Å². The highest BCUT2D eigenvalue weighted by atomic mass is 32.1. The molecule has 0 radical (unpaired) electrons. The van der Waals surface area contributed by atoms with Crippen LogP contribution in [0, 0.1) is 0 Å². The third kappa shape index (κ3) is 6.46. The number of benzene rings is 10. The summed E-state index contributed by atoms with van der Waals surface area (Å²) >= 11 is 1.83. The minimum Gasteiger partial charge on any atom is -0.228 e. The Morgan fingerprint density at radius 1 is 0.309 bits per heavy atom. The van der Waals surface area contributed by atoms with Gasteiger partial charge >= 0.3 is 0 Å². The molecule has 0 atom stereocenters. The first-order valence-corrected chi connectivity index (χ1v) is 24.0. The lowest BCUT2D eigenvalue weighted by Crippen LogP contribution is -2.28. The summed E-state index contributed by atoms with van der Waals surface area (Å²) in [5.41, 5.74) is 18.5. The Kier molecular flexibility index (Phi) is 9.62. The van der Waals surface area contributed by atoms with Crippen LogP contribution in [-0.2, 0) is 5.41 Å². The standard InChI is InChI=1S/C65H42N2S/c1-5-19-43(20-6-1)45-35-37-46(38-36-45)50-27-13-14-28-51(50)59-42-60(55-31-17-30-53-52-29-15-16-34-61(52)68-63(53)55)67-64(66-59)56-32-18-33-57-62(56)54-40-39-47(44-21-7-2-8-22-44)41-58(54)65(57,48-23-9-3-10-24-48)49-25-11-4-12-26-49/h1-42H. The average molecular weight is 883 g/mol. The lowest BCUT2D eigenvalue weighted by atomic mass is 9.67. The molecule has 3 heteroatoms. The average Bonchev–Trinajstić information content (AvgIpc) is 3.96. The van der Waals surface area contributed by atoms with E-state index in [9.17, 15) is 0 Å². The fourth-order valence-electron chi connectivity index (χ4n) is 10.8. The number of fused-ring (bicyclic) bond motifs is 6. The van der Waals surface area contributed by atoms with Gasteiger partial charge in [0.1, 0.15) is 0 Å². The molecular weight excluding hydrogens is 841 g/mol. The molecule has 10 aromatic carbocycles. The number of hydrogen-bond donors (Lipinski definition) is 0. The van der Waals surface area contributed by atoms with E-state index in [-0.39, 0.29) is 0 Å². The van der Waals surface area contributed by atoms with Crippen molar-refractivity contribution in [3.8, 4) is 78.4 Å². The van der Waals surface area contributed by atoms with Gasteiger partial charge in [-0.15, -0.1) is 11.3 Å². The molecule has 0 saturated heterocycles. The summed E-state index contributed by atoms with van der Waals surface area (Å²) < 4.78 is 2.48. The van der Waals surface area contributed by atoms with Gasteiger partial charge in [0.15, 0.2) is 5.82 Å². The predicted octanol–water partition coefficient (Wildman–Crippen LogP) is 17.2. The zero-order valence-corrected chi connectivity index (χ0v) is 37.9. The van der Waals surface area contributed by atoms with E-state index < -0.39 is 5.41 Å². The molecule has 1 aliphatic carbocycles. The predicted molar refractivity (Wildman–Crippen MR) is 285 cm³/mol. The van der Waals surface area contributed by atoms with Crippen LogP contribution in [0.25, 0.3) is 98.6 Å². The Hall–Kier alpha value is -8.50. The van der Waals surface area contributed by atoms with Crippen LogP contribution >= 0.6 is 11.3 Å². The largest absolute Gasteiger partial charge is 0.228 e. The van der Waals surface area contributed by atoms with Gasteiger partial charge < -0.3 is 0 Å². The van der Waals surface area contributed by atoms with Gasteiger partial charge in [-0.1, -0.05) is 237 Å². The number of nitrogens with zero attached hydrogens (tertiary/aromatic N) is 2. The molecule has 13 rings (SSSR count). The van der Waals surface area contributed by atoms with Crippen LogP contribution < -0.4 is 0 Å². The van der Waals surface area contributed by atoms with Gasteiger partial charge in [0.25, 0.3) is 0 Å². The van der Waals surface area contributed by atoms with Crippen molar-refractivity contribution in [2.45, 2.75) is 5.41 Å². The second-order valence-corrected chi connectivity index (χ2v) is 18.6. The third-order valence-electron chi connectivity index (χ3n) is 13.8. The van der Waals surface area contributed by atoms with Crippen LogP contribution in [0.2, 0.25) is 0 Å². The highest BCUT2D eigenvalue weighted by Crippen LogP contribution is 2.59. The van der Waals surface area contributed by atoms with Crippen molar-refractivity contribution in [1.82, 2.24) is 9.97 Å². The number of hydrogen-bond acceptors (Lipinski definition) is 3. The van der Waals surface area contributed by atoms with Crippen molar-refractivity contribution in [3.05, 3.63) is 277 Å². The maximum absolute atomic E-state index is 5.67. The van der Waals surface area contributed by atoms with Crippen LogP contribution in [0.4, 0.5) is 0 Å². The lowest BCUT2D eigenvalue weighted by molar-refractivity contribution is 0.769. The monoisotopic (exact) mass is 882 g/mol. The van der Waals surface area contributed by atoms with Crippen molar-refractivity contribution in [1.29, 1.82) is 0 Å². The zero-order valence-electron chi connectivity index (χ0n) is 37.1. The first-order chi connectivity index (χ1) is 33.7. The van der Waals surface area contributed by atoms with E-state index in [2.05, 4.69) is 255 Å². The molecule has 0 spiro atoms. The van der Waals surface area contributed by atoms with Crippen LogP contribution in [-0.4, -0.2) is 9.97 Å². The summed E-state index contributed by atoms with van der Waals surface area (Å²) in [5, 5.41) is 2.50. The topological polar surface area (TPSA) is 25.8 Å². The van der Waals surface area contributed by atoms with E-state index in [1.807, 2.05) is 11.3 Å². The Balaban J connectivity index is 1.08. The first kappa shape index (κ1) is 39.8. The molecule has 318 valence electrons. The maximum atomic E-state index is 5.67. The summed E-state index contributed by atoms with van der Waals surface area (Å²) in [7, 11) is 0. The Labute approximate surface area is 400 Å². The van der Waals surface area contributed by atoms with E-state index in [0.29, 0.717) is 5.82 Å². The Morgan fingerprint density at radius 3 is 1.51 bits per heavy atom. The smallest absolute Gasteiger partial charge is 0.161 e. The minimum absolute atomic E-state index is 0.615. The number of aromatic nitrogens is 2. The molecule has 1 aliphatic rings. The molecule has 0 fully saturated rings. The number of thiophene rings is 1. The summed E-state index contributed by atoms with van der Waals surface area (Å²) in [5.74, 6) is 0.691. The molecule has 0 amide bonds. The zero-order chi connectivity index (χ0) is 45.0. The van der Waals surface area contributed by atoms with E-state index >= 15 is 0 Å². The van der Waals surface area contributed by atoms with Crippen molar-refractivity contribution < 1.29 is 0 Å². The van der Waals surface area contributed by atoms with Gasteiger partial charge in [-0.2, -0.15) is 0 Å². The van der Waals surface area contributed by atoms with Crippen molar-refractivity contribution in [2.24, 2.45) is 0 Å². The lowest BCUT2D eigenvalue weighted by Gasteiger charge is -2.34. The van der Waals surface area contributed by atoms with Gasteiger partial charge in [-0.05, 0) is 85.0 Å². The van der Waals surface area contributed by atoms with Gasteiger partial charge in [0.05, 0.1) is 16.8 Å². The third-order valence-corrected chi connectivity index (χ3v) is 15.1. The van der Waals surface area contributed by atoms with Gasteiger partial charge in [-0.25, -0.2) is 9.97 Å². The molecule has 68 heavy (non-hydrogen) atoms. The number of rotatable bonds is 8. The van der Waals surface area contributed by atoms with Crippen LogP contribution in [0.15, 0.2) is 255 Å². The molecular formula is C65H42N2S. The molecule has 2 aromatic heterocycles. The molecule has 12 aromatic rings. The normalized spacial score (nSPS) is 12.5. The molecule has 0 saturated carbocycles. The fourth-order valence-corrected chi connectivity index (χ4v) is 12.0. The SMILES string of the molecule is c1ccc(-c2ccc(-c3ccccc3-c3cc(-c4cccc5c4sc4ccccc45)nc(-c4cccc5c4-c4ccc(-c6ccccc6)cc4C5(c4ccccc4)c4ccccc4)n3)cc2)cc1. The molecule has 2 heterocycles. The molecule has 0 N–H and O–H groups in total. The second-order valence-electron chi connectivity index (χ2n) is 17.6. The Morgan fingerprint density at radius 2 is 0.809 bits per heavy atom. The summed E-state index contributed by atoms with van der Waals surface area (Å²) in [6.45, 7) is 0. The van der Waals surface area contributed by atoms with Gasteiger partial charge in [-0.3, -0.25) is 0 Å². The molecule has 0 unspecified atom stereocenters. The van der Waals surface area contributed by atoms with E-state index in [1.54, 1.807) is 0 Å². The summed E-state index contributed by atoms with van der Waals surface area (Å²) in [6.07, 6.45) is 0. The van der Waals surface area contributed by atoms with Crippen LogP contribution in [0.1, 0.15) is 22.3 Å². The molecule has 2 nitrogen and oxygen atoms in total. The fraction of sp³-hybridized carbons (Fsp3) is 0.0154. The second kappa shape index (κ2) is 16.4. The highest BCUT2D eigenvalue weighted by Gasteiger charge is 2.47.